The van der Waals surface area contributed by atoms with Gasteiger partial charge in [0.2, 0.25) is 5.91 Å². The molecule has 0 aliphatic carbocycles. The summed E-state index contributed by atoms with van der Waals surface area (Å²) >= 11 is 0. The minimum absolute atomic E-state index is 0.0136. The highest BCUT2D eigenvalue weighted by atomic mass is 16.2. The van der Waals surface area contributed by atoms with Crippen LogP contribution in [0.2, 0.25) is 0 Å². The normalized spacial score (nSPS) is 10.3. The summed E-state index contributed by atoms with van der Waals surface area (Å²) < 4.78 is 0. The van der Waals surface area contributed by atoms with Crippen molar-refractivity contribution in [3.05, 3.63) is 65.2 Å². The van der Waals surface area contributed by atoms with Crippen molar-refractivity contribution >= 4 is 11.6 Å². The number of carbonyl (C=O) groups excluding carboxylic acids is 1. The highest BCUT2D eigenvalue weighted by Gasteiger charge is 2.14. The monoisotopic (exact) mass is 268 g/mol. The van der Waals surface area contributed by atoms with E-state index >= 15 is 0 Å². The molecule has 0 bridgehead atoms. The second-order valence-corrected chi connectivity index (χ2v) is 5.01. The van der Waals surface area contributed by atoms with Crippen LogP contribution in [0, 0.1) is 13.8 Å². The van der Waals surface area contributed by atoms with Gasteiger partial charge in [-0.3, -0.25) is 4.79 Å². The van der Waals surface area contributed by atoms with Crippen LogP contribution in [0.25, 0.3) is 0 Å². The van der Waals surface area contributed by atoms with E-state index < -0.39 is 0 Å². The molecule has 0 aliphatic heterocycles. The van der Waals surface area contributed by atoms with Gasteiger partial charge >= 0.3 is 0 Å². The molecule has 0 saturated heterocycles. The van der Waals surface area contributed by atoms with Crippen molar-refractivity contribution in [1.82, 2.24) is 0 Å². The maximum absolute atomic E-state index is 12.1. The Morgan fingerprint density at radius 2 is 1.75 bits per heavy atom. The van der Waals surface area contributed by atoms with E-state index in [0.717, 1.165) is 11.3 Å². The molecule has 20 heavy (non-hydrogen) atoms. The molecule has 0 fully saturated rings. The van der Waals surface area contributed by atoms with Gasteiger partial charge in [0.1, 0.15) is 0 Å². The molecular formula is C17H20N2O. The Morgan fingerprint density at radius 1 is 1.05 bits per heavy atom. The molecule has 1 amide bonds. The van der Waals surface area contributed by atoms with Gasteiger partial charge in [-0.05, 0) is 31.5 Å². The Morgan fingerprint density at radius 3 is 2.35 bits per heavy atom. The minimum Gasteiger partial charge on any atom is -0.322 e. The number of nitrogens with two attached hydrogens (primary N) is 1. The van der Waals surface area contributed by atoms with E-state index in [4.69, 9.17) is 5.73 Å². The summed E-state index contributed by atoms with van der Waals surface area (Å²) in [6, 6.07) is 16.1. The molecule has 2 aromatic carbocycles. The average molecular weight is 268 g/mol. The molecule has 0 aliphatic rings. The van der Waals surface area contributed by atoms with Crippen LogP contribution in [0.15, 0.2) is 48.5 Å². The van der Waals surface area contributed by atoms with Gasteiger partial charge in [-0.25, -0.2) is 0 Å². The molecule has 0 saturated carbocycles. The van der Waals surface area contributed by atoms with Gasteiger partial charge in [0.25, 0.3) is 0 Å². The minimum atomic E-state index is -0.0737. The number of amides is 1. The van der Waals surface area contributed by atoms with Crippen LogP contribution in [-0.4, -0.2) is 12.5 Å². The number of nitrogens with zero attached hydrogens (tertiary/aromatic N) is 1. The van der Waals surface area contributed by atoms with Crippen molar-refractivity contribution in [3.8, 4) is 0 Å². The standard InChI is InChI=1S/C17H20N2O/c1-13-6-8-16(9-7-13)19(17(20)11-18)12-15-5-3-4-14(2)10-15/h3-10H,11-12,18H2,1-2H3. The number of hydrogen-bond donors (Lipinski definition) is 1. The van der Waals surface area contributed by atoms with E-state index in [1.54, 1.807) is 4.90 Å². The Labute approximate surface area is 120 Å². The predicted molar refractivity (Wildman–Crippen MR) is 82.6 cm³/mol. The molecule has 3 heteroatoms. The summed E-state index contributed by atoms with van der Waals surface area (Å²) in [5.74, 6) is -0.0737. The maximum atomic E-state index is 12.1. The lowest BCUT2D eigenvalue weighted by Crippen LogP contribution is -2.35. The van der Waals surface area contributed by atoms with Crippen LogP contribution in [0.4, 0.5) is 5.69 Å². The van der Waals surface area contributed by atoms with Gasteiger partial charge in [-0.2, -0.15) is 0 Å². The number of benzene rings is 2. The van der Waals surface area contributed by atoms with Crippen LogP contribution in [0.1, 0.15) is 16.7 Å². The first kappa shape index (κ1) is 14.3. The molecule has 2 N–H and O–H groups in total. The summed E-state index contributed by atoms with van der Waals surface area (Å²) in [5, 5.41) is 0. The summed E-state index contributed by atoms with van der Waals surface area (Å²) in [6.07, 6.45) is 0. The smallest absolute Gasteiger partial charge is 0.241 e. The van der Waals surface area contributed by atoms with Crippen molar-refractivity contribution in [2.45, 2.75) is 20.4 Å². The number of anilines is 1. The number of aryl methyl sites for hydroxylation is 2. The van der Waals surface area contributed by atoms with E-state index in [2.05, 4.69) is 6.07 Å². The fraction of sp³-hybridized carbons (Fsp3) is 0.235. The van der Waals surface area contributed by atoms with E-state index in [1.807, 2.05) is 56.3 Å². The zero-order valence-electron chi connectivity index (χ0n) is 12.0. The molecule has 0 unspecified atom stereocenters. The SMILES string of the molecule is Cc1ccc(N(Cc2cccc(C)c2)C(=O)CN)cc1. The molecule has 2 rings (SSSR count). The summed E-state index contributed by atoms with van der Waals surface area (Å²) in [5.41, 5.74) is 9.88. The first-order chi connectivity index (χ1) is 9.60. The molecule has 104 valence electrons. The zero-order chi connectivity index (χ0) is 14.5. The molecule has 0 aromatic heterocycles. The largest absolute Gasteiger partial charge is 0.322 e. The predicted octanol–water partition coefficient (Wildman–Crippen LogP) is 2.80. The van der Waals surface area contributed by atoms with E-state index in [-0.39, 0.29) is 12.5 Å². The highest BCUT2D eigenvalue weighted by Crippen LogP contribution is 2.18. The van der Waals surface area contributed by atoms with E-state index in [9.17, 15) is 4.79 Å². The van der Waals surface area contributed by atoms with Crippen molar-refractivity contribution < 1.29 is 4.79 Å². The average Bonchev–Trinajstić information content (AvgIpc) is 2.45. The quantitative estimate of drug-likeness (QED) is 0.926. The fourth-order valence-corrected chi connectivity index (χ4v) is 2.15. The number of carbonyl (C=O) groups is 1. The number of hydrogen-bond acceptors (Lipinski definition) is 2. The first-order valence-corrected chi connectivity index (χ1v) is 6.73. The van der Waals surface area contributed by atoms with Gasteiger partial charge < -0.3 is 10.6 Å². The zero-order valence-corrected chi connectivity index (χ0v) is 12.0. The van der Waals surface area contributed by atoms with Gasteiger partial charge in [-0.1, -0.05) is 47.5 Å². The Kier molecular flexibility index (Phi) is 4.53. The van der Waals surface area contributed by atoms with Gasteiger partial charge in [0.05, 0.1) is 13.1 Å². The fourth-order valence-electron chi connectivity index (χ4n) is 2.15. The van der Waals surface area contributed by atoms with Crippen molar-refractivity contribution in [3.63, 3.8) is 0 Å². The topological polar surface area (TPSA) is 46.3 Å². The number of rotatable bonds is 4. The van der Waals surface area contributed by atoms with Crippen LogP contribution in [0.3, 0.4) is 0 Å². The molecule has 2 aromatic rings. The molecule has 0 heterocycles. The third-order valence-corrected chi connectivity index (χ3v) is 3.24. The van der Waals surface area contributed by atoms with Crippen LogP contribution >= 0.6 is 0 Å². The molecule has 0 radical (unpaired) electrons. The Hall–Kier alpha value is -2.13. The Balaban J connectivity index is 2.28. The summed E-state index contributed by atoms with van der Waals surface area (Å²) in [7, 11) is 0. The van der Waals surface area contributed by atoms with E-state index in [0.29, 0.717) is 6.54 Å². The maximum Gasteiger partial charge on any atom is 0.241 e. The van der Waals surface area contributed by atoms with E-state index in [1.165, 1.54) is 11.1 Å². The van der Waals surface area contributed by atoms with Crippen molar-refractivity contribution in [2.24, 2.45) is 5.73 Å². The van der Waals surface area contributed by atoms with Crippen LogP contribution < -0.4 is 10.6 Å². The lowest BCUT2D eigenvalue weighted by molar-refractivity contribution is -0.117. The molecule has 0 spiro atoms. The molecule has 0 atom stereocenters. The second-order valence-electron chi connectivity index (χ2n) is 5.01. The van der Waals surface area contributed by atoms with Crippen LogP contribution in [-0.2, 0) is 11.3 Å². The highest BCUT2D eigenvalue weighted by molar-refractivity contribution is 5.94. The third-order valence-electron chi connectivity index (χ3n) is 3.24. The summed E-state index contributed by atoms with van der Waals surface area (Å²) in [4.78, 5) is 13.8. The Bertz CT molecular complexity index is 590. The van der Waals surface area contributed by atoms with Gasteiger partial charge in [-0.15, -0.1) is 0 Å². The lowest BCUT2D eigenvalue weighted by atomic mass is 10.1. The van der Waals surface area contributed by atoms with Gasteiger partial charge in [0, 0.05) is 5.69 Å². The van der Waals surface area contributed by atoms with Gasteiger partial charge in [0.15, 0.2) is 0 Å². The third kappa shape index (κ3) is 3.45. The molecule has 3 nitrogen and oxygen atoms in total. The second kappa shape index (κ2) is 6.35. The summed E-state index contributed by atoms with van der Waals surface area (Å²) in [6.45, 7) is 4.63. The van der Waals surface area contributed by atoms with Crippen molar-refractivity contribution in [2.75, 3.05) is 11.4 Å². The molecular weight excluding hydrogens is 248 g/mol. The lowest BCUT2D eigenvalue weighted by Gasteiger charge is -2.22. The van der Waals surface area contributed by atoms with Crippen LogP contribution in [0.5, 0.6) is 0 Å². The van der Waals surface area contributed by atoms with Crippen molar-refractivity contribution in [1.29, 1.82) is 0 Å². The first-order valence-electron chi connectivity index (χ1n) is 6.73.